The maximum atomic E-state index is 5.81. The molecule has 0 fully saturated rings. The zero-order valence-corrected chi connectivity index (χ0v) is 10.7. The van der Waals surface area contributed by atoms with E-state index in [1.807, 2.05) is 20.0 Å². The average molecular weight is 228 g/mol. The minimum atomic E-state index is 0.0608. The van der Waals surface area contributed by atoms with Crippen molar-refractivity contribution in [1.82, 2.24) is 4.98 Å². The van der Waals surface area contributed by atoms with Gasteiger partial charge < -0.3 is 10.5 Å². The van der Waals surface area contributed by atoms with E-state index in [2.05, 4.69) is 18.8 Å². The third-order valence-electron chi connectivity index (χ3n) is 2.19. The third-order valence-corrected chi connectivity index (χ3v) is 3.45. The summed E-state index contributed by atoms with van der Waals surface area (Å²) in [6.07, 6.45) is 1.96. The molecule has 0 aliphatic heterocycles. The molecule has 15 heavy (non-hydrogen) atoms. The molecule has 0 spiro atoms. The number of thiazole rings is 1. The van der Waals surface area contributed by atoms with Crippen LogP contribution in [0, 0.1) is 5.92 Å². The van der Waals surface area contributed by atoms with Crippen LogP contribution in [0.3, 0.4) is 0 Å². The molecule has 1 heterocycles. The quantitative estimate of drug-likeness (QED) is 0.843. The Bertz CT molecular complexity index is 297. The molecule has 0 aliphatic rings. The summed E-state index contributed by atoms with van der Waals surface area (Å²) < 4.78 is 5.69. The summed E-state index contributed by atoms with van der Waals surface area (Å²) in [7, 11) is 0. The van der Waals surface area contributed by atoms with Gasteiger partial charge in [0.05, 0.1) is 0 Å². The molecule has 0 aliphatic carbocycles. The highest BCUT2D eigenvalue weighted by atomic mass is 32.1. The van der Waals surface area contributed by atoms with E-state index in [1.165, 1.54) is 0 Å². The second-order valence-corrected chi connectivity index (χ2v) is 5.10. The molecule has 3 nitrogen and oxygen atoms in total. The number of hydrogen-bond acceptors (Lipinski definition) is 4. The highest BCUT2D eigenvalue weighted by molar-refractivity contribution is 7.11. The van der Waals surface area contributed by atoms with Gasteiger partial charge in [-0.3, -0.25) is 0 Å². The molecular formula is C11H20N2OS. The lowest BCUT2D eigenvalue weighted by atomic mass is 10.1. The van der Waals surface area contributed by atoms with Crippen LogP contribution in [0.4, 0.5) is 0 Å². The minimum Gasteiger partial charge on any atom is -0.371 e. The Hall–Kier alpha value is -0.450. The minimum absolute atomic E-state index is 0.0608. The molecule has 2 unspecified atom stereocenters. The molecular weight excluding hydrogens is 208 g/mol. The highest BCUT2D eigenvalue weighted by Gasteiger charge is 2.20. The molecule has 0 saturated carbocycles. The van der Waals surface area contributed by atoms with Crippen molar-refractivity contribution in [3.8, 4) is 0 Å². The molecule has 2 atom stereocenters. The van der Waals surface area contributed by atoms with Crippen LogP contribution >= 0.6 is 11.3 Å². The Balaban J connectivity index is 2.81. The lowest BCUT2D eigenvalue weighted by Gasteiger charge is -2.18. The van der Waals surface area contributed by atoms with Crippen LogP contribution in [0.25, 0.3) is 0 Å². The summed E-state index contributed by atoms with van der Waals surface area (Å²) in [6.45, 7) is 8.99. The van der Waals surface area contributed by atoms with Crippen LogP contribution in [0.1, 0.15) is 49.7 Å². The van der Waals surface area contributed by atoms with E-state index in [9.17, 15) is 0 Å². The van der Waals surface area contributed by atoms with Crippen molar-refractivity contribution in [2.24, 2.45) is 11.7 Å². The van der Waals surface area contributed by atoms with Crippen LogP contribution in [0.2, 0.25) is 0 Å². The fraction of sp³-hybridized carbons (Fsp3) is 0.727. The number of nitrogens with two attached hydrogens (primary N) is 1. The van der Waals surface area contributed by atoms with Crippen molar-refractivity contribution >= 4 is 11.3 Å². The average Bonchev–Trinajstić information content (AvgIpc) is 2.62. The zero-order chi connectivity index (χ0) is 11.4. The van der Waals surface area contributed by atoms with Gasteiger partial charge in [-0.15, -0.1) is 11.3 Å². The Kier molecular flexibility index (Phi) is 4.70. The monoisotopic (exact) mass is 228 g/mol. The van der Waals surface area contributed by atoms with Gasteiger partial charge in [-0.2, -0.15) is 0 Å². The molecule has 2 N–H and O–H groups in total. The predicted octanol–water partition coefficient (Wildman–Crippen LogP) is 2.90. The van der Waals surface area contributed by atoms with Crippen molar-refractivity contribution in [2.75, 3.05) is 6.61 Å². The van der Waals surface area contributed by atoms with Gasteiger partial charge in [-0.05, 0) is 19.8 Å². The van der Waals surface area contributed by atoms with Crippen molar-refractivity contribution in [1.29, 1.82) is 0 Å². The van der Waals surface area contributed by atoms with Crippen molar-refractivity contribution in [3.05, 3.63) is 16.1 Å². The van der Waals surface area contributed by atoms with Gasteiger partial charge in [-0.1, -0.05) is 13.8 Å². The van der Waals surface area contributed by atoms with Gasteiger partial charge in [0.25, 0.3) is 0 Å². The van der Waals surface area contributed by atoms with Crippen molar-refractivity contribution in [2.45, 2.75) is 39.8 Å². The van der Waals surface area contributed by atoms with Crippen molar-refractivity contribution < 1.29 is 4.74 Å². The number of ether oxygens (including phenoxy) is 1. The summed E-state index contributed by atoms with van der Waals surface area (Å²) >= 11 is 1.66. The Labute approximate surface area is 95.7 Å². The molecule has 0 saturated heterocycles. The van der Waals surface area contributed by atoms with Crippen LogP contribution in [-0.2, 0) is 4.74 Å². The molecule has 0 radical (unpaired) electrons. The van der Waals surface area contributed by atoms with E-state index >= 15 is 0 Å². The van der Waals surface area contributed by atoms with Crippen LogP contribution < -0.4 is 5.73 Å². The second-order valence-electron chi connectivity index (χ2n) is 4.01. The Morgan fingerprint density at radius 2 is 2.13 bits per heavy atom. The lowest BCUT2D eigenvalue weighted by Crippen LogP contribution is -2.10. The van der Waals surface area contributed by atoms with E-state index in [4.69, 9.17) is 10.5 Å². The maximum Gasteiger partial charge on any atom is 0.122 e. The van der Waals surface area contributed by atoms with Gasteiger partial charge in [0.15, 0.2) is 0 Å². The molecule has 1 aromatic rings. The van der Waals surface area contributed by atoms with Crippen LogP contribution in [0.15, 0.2) is 6.20 Å². The summed E-state index contributed by atoms with van der Waals surface area (Å²) in [5, 5.41) is 1.04. The first-order chi connectivity index (χ1) is 7.06. The number of rotatable bonds is 5. The van der Waals surface area contributed by atoms with Gasteiger partial charge in [0, 0.05) is 23.7 Å². The van der Waals surface area contributed by atoms with Crippen LogP contribution in [0.5, 0.6) is 0 Å². The van der Waals surface area contributed by atoms with Gasteiger partial charge in [0.1, 0.15) is 11.1 Å². The molecule has 0 amide bonds. The first kappa shape index (κ1) is 12.6. The predicted molar refractivity (Wildman–Crippen MR) is 63.9 cm³/mol. The molecule has 0 bridgehead atoms. The third kappa shape index (κ3) is 3.26. The van der Waals surface area contributed by atoms with Crippen LogP contribution in [-0.4, -0.2) is 11.6 Å². The second kappa shape index (κ2) is 5.58. The first-order valence-electron chi connectivity index (χ1n) is 5.39. The maximum absolute atomic E-state index is 5.81. The van der Waals surface area contributed by atoms with Gasteiger partial charge in [0.2, 0.25) is 0 Å². The smallest absolute Gasteiger partial charge is 0.122 e. The molecule has 0 aromatic carbocycles. The van der Waals surface area contributed by atoms with Gasteiger partial charge >= 0.3 is 0 Å². The van der Waals surface area contributed by atoms with E-state index < -0.39 is 0 Å². The van der Waals surface area contributed by atoms with E-state index in [-0.39, 0.29) is 12.1 Å². The van der Waals surface area contributed by atoms with E-state index in [0.29, 0.717) is 5.92 Å². The standard InChI is InChI=1S/C11H20N2OS/c1-5-14-10(7(2)3)11-13-6-9(15-11)8(4)12/h6-8,10H,5,12H2,1-4H3. The fourth-order valence-electron chi connectivity index (χ4n) is 1.37. The topological polar surface area (TPSA) is 48.1 Å². The summed E-state index contributed by atoms with van der Waals surface area (Å²) in [5.74, 6) is 0.442. The van der Waals surface area contributed by atoms with Gasteiger partial charge in [-0.25, -0.2) is 4.98 Å². The van der Waals surface area contributed by atoms with Crippen molar-refractivity contribution in [3.63, 3.8) is 0 Å². The fourth-order valence-corrected chi connectivity index (χ4v) is 2.47. The molecule has 1 rings (SSSR count). The highest BCUT2D eigenvalue weighted by Crippen LogP contribution is 2.30. The molecule has 4 heteroatoms. The van der Waals surface area contributed by atoms with E-state index in [1.54, 1.807) is 11.3 Å². The Morgan fingerprint density at radius 3 is 2.53 bits per heavy atom. The Morgan fingerprint density at radius 1 is 1.47 bits per heavy atom. The van der Waals surface area contributed by atoms with E-state index in [0.717, 1.165) is 16.5 Å². The SMILES string of the molecule is CCOC(c1ncc(C(C)N)s1)C(C)C. The number of hydrogen-bond donors (Lipinski definition) is 1. The first-order valence-corrected chi connectivity index (χ1v) is 6.20. The molecule has 1 aromatic heterocycles. The lowest BCUT2D eigenvalue weighted by molar-refractivity contribution is 0.0293. The largest absolute Gasteiger partial charge is 0.371 e. The summed E-state index contributed by atoms with van der Waals surface area (Å²) in [5.41, 5.74) is 5.81. The summed E-state index contributed by atoms with van der Waals surface area (Å²) in [4.78, 5) is 5.51. The zero-order valence-electron chi connectivity index (χ0n) is 9.86. The molecule has 86 valence electrons. The summed E-state index contributed by atoms with van der Waals surface area (Å²) in [6, 6.07) is 0.0608. The number of nitrogens with zero attached hydrogens (tertiary/aromatic N) is 1. The normalized spacial score (nSPS) is 15.6. The number of aromatic nitrogens is 1.